The maximum absolute atomic E-state index is 12.2. The molecule has 0 radical (unpaired) electrons. The van der Waals surface area contributed by atoms with Gasteiger partial charge in [-0.25, -0.2) is 8.42 Å². The number of hydrogen-bond acceptors (Lipinski definition) is 5. The highest BCUT2D eigenvalue weighted by Gasteiger charge is 2.15. The predicted octanol–water partition coefficient (Wildman–Crippen LogP) is 2.90. The first-order valence-corrected chi connectivity index (χ1v) is 11.9. The zero-order valence-electron chi connectivity index (χ0n) is 16.3. The fourth-order valence-corrected chi connectivity index (χ4v) is 3.66. The molecule has 0 bridgehead atoms. The number of rotatable bonds is 10. The lowest BCUT2D eigenvalue weighted by molar-refractivity contribution is -0.127. The number of anilines is 1. The maximum atomic E-state index is 12.2. The molecule has 0 spiro atoms. The lowest BCUT2D eigenvalue weighted by atomic mass is 10.2. The molecule has 0 aromatic heterocycles. The van der Waals surface area contributed by atoms with Crippen molar-refractivity contribution in [3.63, 3.8) is 0 Å². The third-order valence-electron chi connectivity index (χ3n) is 4.04. The van der Waals surface area contributed by atoms with Crippen LogP contribution < -0.4 is 14.4 Å². The number of sulfonamides is 1. The van der Waals surface area contributed by atoms with E-state index in [0.717, 1.165) is 17.8 Å². The highest BCUT2D eigenvalue weighted by Crippen LogP contribution is 2.21. The fraction of sp³-hybridized carbons (Fsp3) is 0.350. The minimum atomic E-state index is -3.31. The maximum Gasteiger partial charge on any atom is 0.260 e. The standard InChI is InChI=1S/C20H26N2O4S2/c1-16(20(23)21-13-14-27-15-17-7-5-4-6-8-17)26-19-11-9-18(10-12-19)22(2)28(3,24)25/h4-12,16H,13-15H2,1-3H3,(H,21,23)/t16-/m1/s1. The molecule has 0 aliphatic carbocycles. The molecule has 0 saturated carbocycles. The number of hydrogen-bond donors (Lipinski definition) is 1. The van der Waals surface area contributed by atoms with Crippen molar-refractivity contribution >= 4 is 33.4 Å². The van der Waals surface area contributed by atoms with Gasteiger partial charge >= 0.3 is 0 Å². The lowest BCUT2D eigenvalue weighted by Gasteiger charge is -2.18. The van der Waals surface area contributed by atoms with Gasteiger partial charge in [0.2, 0.25) is 10.0 Å². The number of benzene rings is 2. The number of ether oxygens (including phenoxy) is 1. The van der Waals surface area contributed by atoms with E-state index in [4.69, 9.17) is 4.74 Å². The van der Waals surface area contributed by atoms with E-state index in [1.165, 1.54) is 16.9 Å². The highest BCUT2D eigenvalue weighted by atomic mass is 32.2. The van der Waals surface area contributed by atoms with E-state index in [-0.39, 0.29) is 5.91 Å². The van der Waals surface area contributed by atoms with E-state index in [2.05, 4.69) is 17.4 Å². The van der Waals surface area contributed by atoms with Gasteiger partial charge in [-0.1, -0.05) is 30.3 Å². The molecule has 152 valence electrons. The van der Waals surface area contributed by atoms with Crippen LogP contribution in [0.15, 0.2) is 54.6 Å². The topological polar surface area (TPSA) is 75.7 Å². The normalized spacial score (nSPS) is 12.2. The predicted molar refractivity (Wildman–Crippen MR) is 115 cm³/mol. The Balaban J connectivity index is 1.73. The van der Waals surface area contributed by atoms with Gasteiger partial charge in [0.1, 0.15) is 5.75 Å². The molecule has 1 amide bonds. The van der Waals surface area contributed by atoms with Crippen molar-refractivity contribution in [3.8, 4) is 5.75 Å². The van der Waals surface area contributed by atoms with Gasteiger partial charge in [0.15, 0.2) is 6.10 Å². The van der Waals surface area contributed by atoms with Crippen LogP contribution in [0.2, 0.25) is 0 Å². The summed E-state index contributed by atoms with van der Waals surface area (Å²) in [6.07, 6.45) is 0.500. The zero-order chi connectivity index (χ0) is 20.6. The summed E-state index contributed by atoms with van der Waals surface area (Å²) in [6.45, 7) is 2.26. The molecule has 2 aromatic rings. The molecule has 8 heteroatoms. The number of nitrogens with one attached hydrogen (secondary N) is 1. The minimum Gasteiger partial charge on any atom is -0.481 e. The molecule has 1 atom stereocenters. The van der Waals surface area contributed by atoms with Crippen LogP contribution in [0, 0.1) is 0 Å². The van der Waals surface area contributed by atoms with Gasteiger partial charge in [-0.15, -0.1) is 0 Å². The Bertz CT molecular complexity index is 856. The molecule has 2 rings (SSSR count). The summed E-state index contributed by atoms with van der Waals surface area (Å²) in [5.41, 5.74) is 1.79. The van der Waals surface area contributed by atoms with Crippen molar-refractivity contribution in [2.24, 2.45) is 0 Å². The molecule has 0 fully saturated rings. The van der Waals surface area contributed by atoms with Crippen LogP contribution in [0.3, 0.4) is 0 Å². The summed E-state index contributed by atoms with van der Waals surface area (Å²) in [5, 5.41) is 2.87. The number of carbonyl (C=O) groups is 1. The Morgan fingerprint density at radius 1 is 1.14 bits per heavy atom. The van der Waals surface area contributed by atoms with E-state index < -0.39 is 16.1 Å². The number of nitrogens with zero attached hydrogens (tertiary/aromatic N) is 1. The first kappa shape index (κ1) is 22.1. The first-order valence-electron chi connectivity index (χ1n) is 8.87. The summed E-state index contributed by atoms with van der Waals surface area (Å²) < 4.78 is 29.9. The van der Waals surface area contributed by atoms with E-state index in [9.17, 15) is 13.2 Å². The monoisotopic (exact) mass is 422 g/mol. The second kappa shape index (κ2) is 10.4. The van der Waals surface area contributed by atoms with Crippen molar-refractivity contribution in [2.45, 2.75) is 18.8 Å². The van der Waals surface area contributed by atoms with Gasteiger partial charge in [0, 0.05) is 25.1 Å². The molecule has 6 nitrogen and oxygen atoms in total. The quantitative estimate of drug-likeness (QED) is 0.596. The number of carbonyl (C=O) groups excluding carboxylic acids is 1. The van der Waals surface area contributed by atoms with E-state index in [0.29, 0.717) is 18.0 Å². The third kappa shape index (κ3) is 7.09. The minimum absolute atomic E-state index is 0.183. The Morgan fingerprint density at radius 3 is 2.39 bits per heavy atom. The average Bonchev–Trinajstić information content (AvgIpc) is 2.67. The Morgan fingerprint density at radius 2 is 1.79 bits per heavy atom. The second-order valence-electron chi connectivity index (χ2n) is 6.31. The Kier molecular flexibility index (Phi) is 8.19. The SMILES string of the molecule is C[C@@H](Oc1ccc(N(C)S(C)(=O)=O)cc1)C(=O)NCCSCc1ccccc1. The largest absolute Gasteiger partial charge is 0.481 e. The van der Waals surface area contributed by atoms with Crippen molar-refractivity contribution < 1.29 is 17.9 Å². The van der Waals surface area contributed by atoms with Gasteiger partial charge in [-0.3, -0.25) is 9.10 Å². The molecular formula is C20H26N2O4S2. The van der Waals surface area contributed by atoms with Crippen LogP contribution >= 0.6 is 11.8 Å². The van der Waals surface area contributed by atoms with Crippen LogP contribution in [-0.2, 0) is 20.6 Å². The lowest BCUT2D eigenvalue weighted by Crippen LogP contribution is -2.37. The molecule has 2 aromatic carbocycles. The molecule has 28 heavy (non-hydrogen) atoms. The van der Waals surface area contributed by atoms with Crippen LogP contribution in [-0.4, -0.2) is 46.0 Å². The van der Waals surface area contributed by atoms with Crippen LogP contribution in [0.25, 0.3) is 0 Å². The van der Waals surface area contributed by atoms with E-state index >= 15 is 0 Å². The van der Waals surface area contributed by atoms with Crippen molar-refractivity contribution in [2.75, 3.05) is 29.9 Å². The van der Waals surface area contributed by atoms with Gasteiger partial charge < -0.3 is 10.1 Å². The van der Waals surface area contributed by atoms with Crippen molar-refractivity contribution in [1.29, 1.82) is 0 Å². The Labute approximate surface area is 171 Å². The van der Waals surface area contributed by atoms with E-state index in [1.54, 1.807) is 43.0 Å². The van der Waals surface area contributed by atoms with Crippen LogP contribution in [0.1, 0.15) is 12.5 Å². The summed E-state index contributed by atoms with van der Waals surface area (Å²) in [7, 11) is -1.83. The zero-order valence-corrected chi connectivity index (χ0v) is 17.9. The van der Waals surface area contributed by atoms with Crippen LogP contribution in [0.4, 0.5) is 5.69 Å². The molecule has 0 aliphatic heterocycles. The number of amides is 1. The van der Waals surface area contributed by atoms with Gasteiger partial charge in [-0.2, -0.15) is 11.8 Å². The van der Waals surface area contributed by atoms with Gasteiger partial charge in [0.05, 0.1) is 11.9 Å². The average molecular weight is 423 g/mol. The number of thioether (sulfide) groups is 1. The summed E-state index contributed by atoms with van der Waals surface area (Å²) in [5.74, 6) is 2.06. The third-order valence-corrected chi connectivity index (χ3v) is 6.27. The van der Waals surface area contributed by atoms with Crippen molar-refractivity contribution in [3.05, 3.63) is 60.2 Å². The molecule has 1 N–H and O–H groups in total. The molecular weight excluding hydrogens is 396 g/mol. The molecule has 0 saturated heterocycles. The summed E-state index contributed by atoms with van der Waals surface area (Å²) in [6, 6.07) is 16.8. The van der Waals surface area contributed by atoms with Gasteiger partial charge in [-0.05, 0) is 36.8 Å². The van der Waals surface area contributed by atoms with E-state index in [1.807, 2.05) is 18.2 Å². The fourth-order valence-electron chi connectivity index (χ4n) is 2.34. The molecule has 0 unspecified atom stereocenters. The molecule has 0 heterocycles. The second-order valence-corrected chi connectivity index (χ2v) is 9.43. The van der Waals surface area contributed by atoms with Crippen molar-refractivity contribution in [1.82, 2.24) is 5.32 Å². The smallest absolute Gasteiger partial charge is 0.260 e. The van der Waals surface area contributed by atoms with Crippen LogP contribution in [0.5, 0.6) is 5.75 Å². The summed E-state index contributed by atoms with van der Waals surface area (Å²) >= 11 is 1.76. The first-order chi connectivity index (χ1) is 13.3. The van der Waals surface area contributed by atoms with Gasteiger partial charge in [0.25, 0.3) is 5.91 Å². The highest BCUT2D eigenvalue weighted by molar-refractivity contribution is 7.98. The Hall–Kier alpha value is -2.19. The molecule has 0 aliphatic rings. The summed E-state index contributed by atoms with van der Waals surface area (Å²) in [4.78, 5) is 12.2.